The van der Waals surface area contributed by atoms with Gasteiger partial charge in [0.05, 0.1) is 16.9 Å². The Hall–Kier alpha value is -2.89. The fourth-order valence-electron chi connectivity index (χ4n) is 3.52. The molecule has 1 fully saturated rings. The summed E-state index contributed by atoms with van der Waals surface area (Å²) in [4.78, 5) is 13.7. The molecule has 2 aromatic carbocycles. The van der Waals surface area contributed by atoms with E-state index in [4.69, 9.17) is 0 Å². The standard InChI is InChI=1S/C19H18N4O3S/c20-13-14-3-1-2-4-18(14)27(25,26)23-9-7-22(8-10-23)16-5-6-17-15(11-16)12-19(24)21-17/h1-6,11H,7-10,12H2,(H,21,24). The van der Waals surface area contributed by atoms with Crippen molar-refractivity contribution in [1.29, 1.82) is 5.26 Å². The van der Waals surface area contributed by atoms with Crippen LogP contribution < -0.4 is 10.2 Å². The molecular weight excluding hydrogens is 364 g/mol. The number of rotatable bonds is 3. The Morgan fingerprint density at radius 3 is 2.52 bits per heavy atom. The summed E-state index contributed by atoms with van der Waals surface area (Å²) >= 11 is 0. The second-order valence-corrected chi connectivity index (χ2v) is 8.47. The number of carbonyl (C=O) groups excluding carboxylic acids is 1. The summed E-state index contributed by atoms with van der Waals surface area (Å²) in [5.41, 5.74) is 2.96. The molecule has 1 saturated heterocycles. The zero-order valence-corrected chi connectivity index (χ0v) is 15.4. The molecule has 0 bridgehead atoms. The first-order valence-corrected chi connectivity index (χ1v) is 10.1. The van der Waals surface area contributed by atoms with Crippen molar-refractivity contribution in [2.75, 3.05) is 36.4 Å². The minimum atomic E-state index is -3.70. The highest BCUT2D eigenvalue weighted by Gasteiger charge is 2.30. The third kappa shape index (κ3) is 3.16. The lowest BCUT2D eigenvalue weighted by atomic mass is 10.1. The lowest BCUT2D eigenvalue weighted by Gasteiger charge is -2.35. The van der Waals surface area contributed by atoms with Crippen molar-refractivity contribution >= 4 is 27.3 Å². The van der Waals surface area contributed by atoms with E-state index >= 15 is 0 Å². The van der Waals surface area contributed by atoms with Gasteiger partial charge >= 0.3 is 0 Å². The van der Waals surface area contributed by atoms with Gasteiger partial charge in [-0.25, -0.2) is 8.42 Å². The molecular formula is C19H18N4O3S. The number of piperazine rings is 1. The molecule has 2 aliphatic rings. The number of nitrogens with one attached hydrogen (secondary N) is 1. The van der Waals surface area contributed by atoms with Crippen LogP contribution in [0.4, 0.5) is 11.4 Å². The van der Waals surface area contributed by atoms with Crippen LogP contribution in [-0.4, -0.2) is 44.8 Å². The molecule has 0 atom stereocenters. The van der Waals surface area contributed by atoms with Crippen LogP contribution in [0.5, 0.6) is 0 Å². The number of hydrogen-bond acceptors (Lipinski definition) is 5. The zero-order valence-electron chi connectivity index (χ0n) is 14.6. The minimum absolute atomic E-state index is 0.00535. The van der Waals surface area contributed by atoms with Gasteiger partial charge in [0.1, 0.15) is 6.07 Å². The summed E-state index contributed by atoms with van der Waals surface area (Å²) < 4.78 is 27.2. The van der Waals surface area contributed by atoms with Crippen LogP contribution in [0.2, 0.25) is 0 Å². The molecule has 0 aliphatic carbocycles. The lowest BCUT2D eigenvalue weighted by molar-refractivity contribution is -0.115. The highest BCUT2D eigenvalue weighted by atomic mass is 32.2. The average Bonchev–Trinajstić information content (AvgIpc) is 3.07. The Bertz CT molecular complexity index is 1050. The number of amides is 1. The van der Waals surface area contributed by atoms with Gasteiger partial charge in [-0.1, -0.05) is 12.1 Å². The molecule has 2 aromatic rings. The van der Waals surface area contributed by atoms with E-state index in [-0.39, 0.29) is 16.4 Å². The molecule has 8 heteroatoms. The van der Waals surface area contributed by atoms with Crippen molar-refractivity contribution < 1.29 is 13.2 Å². The van der Waals surface area contributed by atoms with Crippen LogP contribution in [0, 0.1) is 11.3 Å². The van der Waals surface area contributed by atoms with Gasteiger partial charge in [0.2, 0.25) is 15.9 Å². The number of hydrogen-bond donors (Lipinski definition) is 1. The molecule has 4 rings (SSSR count). The Balaban J connectivity index is 1.50. The molecule has 27 heavy (non-hydrogen) atoms. The molecule has 1 N–H and O–H groups in total. The van der Waals surface area contributed by atoms with E-state index in [1.54, 1.807) is 12.1 Å². The SMILES string of the molecule is N#Cc1ccccc1S(=O)(=O)N1CCN(c2ccc3c(c2)CC(=O)N3)CC1. The highest BCUT2D eigenvalue weighted by molar-refractivity contribution is 7.89. The summed E-state index contributed by atoms with van der Waals surface area (Å²) in [6, 6.07) is 14.1. The third-order valence-corrected chi connectivity index (χ3v) is 6.90. The molecule has 0 radical (unpaired) electrons. The second kappa shape index (κ2) is 6.68. The summed E-state index contributed by atoms with van der Waals surface area (Å²) in [7, 11) is -3.70. The van der Waals surface area contributed by atoms with Gasteiger partial charge in [-0.15, -0.1) is 0 Å². The van der Waals surface area contributed by atoms with Crippen LogP contribution in [0.25, 0.3) is 0 Å². The number of nitrogens with zero attached hydrogens (tertiary/aromatic N) is 3. The van der Waals surface area contributed by atoms with Crippen LogP contribution in [0.15, 0.2) is 47.4 Å². The van der Waals surface area contributed by atoms with Crippen LogP contribution in [-0.2, 0) is 21.2 Å². The lowest BCUT2D eigenvalue weighted by Crippen LogP contribution is -2.48. The van der Waals surface area contributed by atoms with Crippen molar-refractivity contribution in [2.45, 2.75) is 11.3 Å². The van der Waals surface area contributed by atoms with Gasteiger partial charge in [-0.2, -0.15) is 9.57 Å². The molecule has 1 amide bonds. The largest absolute Gasteiger partial charge is 0.369 e. The summed E-state index contributed by atoms with van der Waals surface area (Å²) in [5.74, 6) is -0.00535. The number of nitriles is 1. The predicted molar refractivity (Wildman–Crippen MR) is 101 cm³/mol. The summed E-state index contributed by atoms with van der Waals surface area (Å²) in [5, 5.41) is 12.0. The van der Waals surface area contributed by atoms with E-state index in [0.717, 1.165) is 16.9 Å². The molecule has 2 heterocycles. The fraction of sp³-hybridized carbons (Fsp3) is 0.263. The van der Waals surface area contributed by atoms with E-state index in [9.17, 15) is 18.5 Å². The van der Waals surface area contributed by atoms with Gasteiger partial charge < -0.3 is 10.2 Å². The highest BCUT2D eigenvalue weighted by Crippen LogP contribution is 2.29. The number of anilines is 2. The molecule has 7 nitrogen and oxygen atoms in total. The van der Waals surface area contributed by atoms with Crippen LogP contribution >= 0.6 is 0 Å². The molecule has 0 aromatic heterocycles. The Kier molecular flexibility index (Phi) is 4.34. The van der Waals surface area contributed by atoms with Gasteiger partial charge in [-0.05, 0) is 35.9 Å². The van der Waals surface area contributed by atoms with E-state index in [1.165, 1.54) is 16.4 Å². The van der Waals surface area contributed by atoms with Gasteiger partial charge in [0.15, 0.2) is 0 Å². The molecule has 0 spiro atoms. The number of benzene rings is 2. The summed E-state index contributed by atoms with van der Waals surface area (Å²) in [6.07, 6.45) is 0.377. The number of fused-ring (bicyclic) bond motifs is 1. The Labute approximate surface area is 157 Å². The Morgan fingerprint density at radius 2 is 1.78 bits per heavy atom. The molecule has 138 valence electrons. The Morgan fingerprint density at radius 1 is 1.04 bits per heavy atom. The van der Waals surface area contributed by atoms with Crippen molar-refractivity contribution in [3.8, 4) is 6.07 Å². The van der Waals surface area contributed by atoms with Crippen molar-refractivity contribution in [3.05, 3.63) is 53.6 Å². The molecule has 2 aliphatic heterocycles. The maximum Gasteiger partial charge on any atom is 0.244 e. The minimum Gasteiger partial charge on any atom is -0.369 e. The first-order chi connectivity index (χ1) is 13.0. The second-order valence-electron chi connectivity index (χ2n) is 6.57. The van der Waals surface area contributed by atoms with E-state index in [1.807, 2.05) is 24.3 Å². The third-order valence-electron chi connectivity index (χ3n) is 4.94. The van der Waals surface area contributed by atoms with Crippen molar-refractivity contribution in [1.82, 2.24) is 4.31 Å². The van der Waals surface area contributed by atoms with Crippen LogP contribution in [0.1, 0.15) is 11.1 Å². The predicted octanol–water partition coefficient (Wildman–Crippen LogP) is 1.56. The van der Waals surface area contributed by atoms with E-state index in [2.05, 4.69) is 10.2 Å². The maximum absolute atomic E-state index is 12.9. The quantitative estimate of drug-likeness (QED) is 0.870. The molecule has 0 unspecified atom stereocenters. The van der Waals surface area contributed by atoms with Gasteiger partial charge in [-0.3, -0.25) is 4.79 Å². The van der Waals surface area contributed by atoms with Crippen LogP contribution in [0.3, 0.4) is 0 Å². The fourth-order valence-corrected chi connectivity index (χ4v) is 5.09. The van der Waals surface area contributed by atoms with Crippen molar-refractivity contribution in [3.63, 3.8) is 0 Å². The smallest absolute Gasteiger partial charge is 0.244 e. The maximum atomic E-state index is 12.9. The first-order valence-electron chi connectivity index (χ1n) is 8.66. The van der Waals surface area contributed by atoms with E-state index in [0.29, 0.717) is 32.6 Å². The molecule has 0 saturated carbocycles. The number of carbonyl (C=O) groups is 1. The average molecular weight is 382 g/mol. The van der Waals surface area contributed by atoms with Gasteiger partial charge in [0.25, 0.3) is 0 Å². The summed E-state index contributed by atoms with van der Waals surface area (Å²) in [6.45, 7) is 1.79. The monoisotopic (exact) mass is 382 g/mol. The van der Waals surface area contributed by atoms with E-state index < -0.39 is 10.0 Å². The first kappa shape index (κ1) is 17.5. The zero-order chi connectivity index (χ0) is 19.0. The number of sulfonamides is 1. The topological polar surface area (TPSA) is 93.5 Å². The van der Waals surface area contributed by atoms with Crippen molar-refractivity contribution in [2.24, 2.45) is 0 Å². The normalized spacial score (nSPS) is 17.3. The van der Waals surface area contributed by atoms with Gasteiger partial charge in [0, 0.05) is 37.6 Å².